The average molecular weight is 425 g/mol. The van der Waals surface area contributed by atoms with Gasteiger partial charge in [-0.15, -0.1) is 0 Å². The quantitative estimate of drug-likeness (QED) is 0.372. The molecular weight excluding hydrogens is 396 g/mol. The van der Waals surface area contributed by atoms with Gasteiger partial charge in [-0.25, -0.2) is 0 Å². The molecule has 1 amide bonds. The van der Waals surface area contributed by atoms with Crippen LogP contribution in [0.1, 0.15) is 35.7 Å². The Morgan fingerprint density at radius 1 is 0.812 bits per heavy atom. The zero-order valence-electron chi connectivity index (χ0n) is 18.6. The molecule has 0 radical (unpaired) electrons. The first-order chi connectivity index (χ1) is 15.5. The van der Waals surface area contributed by atoms with Crippen molar-refractivity contribution in [1.82, 2.24) is 5.32 Å². The van der Waals surface area contributed by atoms with E-state index in [1.54, 1.807) is 7.11 Å². The molecule has 4 aromatic carbocycles. The molecule has 32 heavy (non-hydrogen) atoms. The van der Waals surface area contributed by atoms with E-state index in [0.717, 1.165) is 16.7 Å². The van der Waals surface area contributed by atoms with E-state index in [1.807, 2.05) is 67.6 Å². The Morgan fingerprint density at radius 2 is 1.53 bits per heavy atom. The molecule has 0 fully saturated rings. The largest absolute Gasteiger partial charge is 0.495 e. The van der Waals surface area contributed by atoms with Crippen molar-refractivity contribution in [3.63, 3.8) is 0 Å². The number of nitrogens with one attached hydrogen (secondary N) is 2. The number of anilines is 1. The van der Waals surface area contributed by atoms with Crippen LogP contribution in [0.2, 0.25) is 0 Å². The van der Waals surface area contributed by atoms with Crippen LogP contribution in [0, 0.1) is 6.92 Å². The van der Waals surface area contributed by atoms with Crippen LogP contribution in [-0.2, 0) is 4.79 Å². The van der Waals surface area contributed by atoms with Crippen molar-refractivity contribution in [2.24, 2.45) is 0 Å². The lowest BCUT2D eigenvalue weighted by Crippen LogP contribution is -2.34. The van der Waals surface area contributed by atoms with Crippen molar-refractivity contribution in [2.45, 2.75) is 25.9 Å². The van der Waals surface area contributed by atoms with Gasteiger partial charge in [0.05, 0.1) is 12.8 Å². The second-order valence-electron chi connectivity index (χ2n) is 8.03. The standard InChI is InChI=1S/C28H28N2O2/c1-19-13-16-26(32-3)25(17-19)30-28(31)27(22-10-5-4-6-11-22)29-20(2)23-15-14-21-9-7-8-12-24(21)18-23/h4-18,20,27,29H,1-3H3,(H,30,31)/t20-,27-/m1/s1. The number of benzene rings is 4. The van der Waals surface area contributed by atoms with E-state index in [9.17, 15) is 4.79 Å². The highest BCUT2D eigenvalue weighted by molar-refractivity contribution is 5.97. The summed E-state index contributed by atoms with van der Waals surface area (Å²) in [4.78, 5) is 13.4. The number of amides is 1. The minimum Gasteiger partial charge on any atom is -0.495 e. The molecule has 0 aliphatic rings. The minimum atomic E-state index is -0.525. The van der Waals surface area contributed by atoms with E-state index < -0.39 is 6.04 Å². The summed E-state index contributed by atoms with van der Waals surface area (Å²) in [6.07, 6.45) is 0. The fourth-order valence-corrected chi connectivity index (χ4v) is 3.92. The van der Waals surface area contributed by atoms with Crippen LogP contribution in [-0.4, -0.2) is 13.0 Å². The van der Waals surface area contributed by atoms with Crippen molar-refractivity contribution in [2.75, 3.05) is 12.4 Å². The number of rotatable bonds is 7. The molecule has 4 aromatic rings. The van der Waals surface area contributed by atoms with Crippen LogP contribution in [0.3, 0.4) is 0 Å². The summed E-state index contributed by atoms with van der Waals surface area (Å²) in [7, 11) is 1.61. The summed E-state index contributed by atoms with van der Waals surface area (Å²) in [5.74, 6) is 0.506. The maximum Gasteiger partial charge on any atom is 0.246 e. The monoisotopic (exact) mass is 424 g/mol. The van der Waals surface area contributed by atoms with Gasteiger partial charge in [-0.1, -0.05) is 72.8 Å². The molecule has 0 aliphatic heterocycles. The van der Waals surface area contributed by atoms with Gasteiger partial charge in [-0.2, -0.15) is 0 Å². The van der Waals surface area contributed by atoms with Gasteiger partial charge in [-0.3, -0.25) is 10.1 Å². The number of hydrogen-bond acceptors (Lipinski definition) is 3. The Morgan fingerprint density at radius 3 is 2.28 bits per heavy atom. The molecule has 2 atom stereocenters. The Bertz CT molecular complexity index is 1220. The number of ether oxygens (including phenoxy) is 1. The Hall–Kier alpha value is -3.63. The van der Waals surface area contributed by atoms with Crippen LogP contribution >= 0.6 is 0 Å². The predicted molar refractivity (Wildman–Crippen MR) is 131 cm³/mol. The number of carbonyl (C=O) groups excluding carboxylic acids is 1. The van der Waals surface area contributed by atoms with Gasteiger partial charge < -0.3 is 10.1 Å². The van der Waals surface area contributed by atoms with Crippen molar-refractivity contribution in [3.8, 4) is 5.75 Å². The number of fused-ring (bicyclic) bond motifs is 1. The molecule has 0 bridgehead atoms. The normalized spacial score (nSPS) is 12.8. The average Bonchev–Trinajstić information content (AvgIpc) is 2.82. The van der Waals surface area contributed by atoms with E-state index in [-0.39, 0.29) is 11.9 Å². The molecular formula is C28H28N2O2. The molecule has 162 valence electrons. The molecule has 0 saturated carbocycles. The van der Waals surface area contributed by atoms with Gasteiger partial charge in [0.1, 0.15) is 11.8 Å². The van der Waals surface area contributed by atoms with E-state index >= 15 is 0 Å². The second kappa shape index (κ2) is 9.67. The summed E-state index contributed by atoms with van der Waals surface area (Å²) >= 11 is 0. The first-order valence-corrected chi connectivity index (χ1v) is 10.8. The fraction of sp³-hybridized carbons (Fsp3) is 0.179. The topological polar surface area (TPSA) is 50.4 Å². The van der Waals surface area contributed by atoms with Crippen molar-refractivity contribution in [1.29, 1.82) is 0 Å². The molecule has 0 aromatic heterocycles. The molecule has 4 heteroatoms. The summed E-state index contributed by atoms with van der Waals surface area (Å²) in [6.45, 7) is 4.07. The van der Waals surface area contributed by atoms with Gasteiger partial charge >= 0.3 is 0 Å². The maximum absolute atomic E-state index is 13.4. The van der Waals surface area contributed by atoms with Crippen molar-refractivity contribution in [3.05, 3.63) is 108 Å². The van der Waals surface area contributed by atoms with Crippen LogP contribution in [0.25, 0.3) is 10.8 Å². The smallest absolute Gasteiger partial charge is 0.246 e. The maximum atomic E-state index is 13.4. The van der Waals surface area contributed by atoms with Crippen LogP contribution in [0.4, 0.5) is 5.69 Å². The van der Waals surface area contributed by atoms with E-state index in [4.69, 9.17) is 4.74 Å². The number of hydrogen-bond donors (Lipinski definition) is 2. The van der Waals surface area contributed by atoms with Crippen LogP contribution < -0.4 is 15.4 Å². The van der Waals surface area contributed by atoms with Crippen LogP contribution in [0.15, 0.2) is 91.0 Å². The van der Waals surface area contributed by atoms with E-state index in [2.05, 4.69) is 47.9 Å². The van der Waals surface area contributed by atoms with Gasteiger partial charge in [-0.05, 0) is 59.5 Å². The Balaban J connectivity index is 1.62. The van der Waals surface area contributed by atoms with Crippen molar-refractivity contribution < 1.29 is 9.53 Å². The molecule has 0 heterocycles. The third kappa shape index (κ3) is 4.82. The third-order valence-electron chi connectivity index (χ3n) is 5.70. The fourth-order valence-electron chi connectivity index (χ4n) is 3.92. The van der Waals surface area contributed by atoms with Gasteiger partial charge in [0.25, 0.3) is 0 Å². The molecule has 0 spiro atoms. The van der Waals surface area contributed by atoms with E-state index in [0.29, 0.717) is 11.4 Å². The predicted octanol–water partition coefficient (Wildman–Crippen LogP) is 6.19. The zero-order chi connectivity index (χ0) is 22.5. The third-order valence-corrected chi connectivity index (χ3v) is 5.70. The highest BCUT2D eigenvalue weighted by Crippen LogP contribution is 2.28. The second-order valence-corrected chi connectivity index (χ2v) is 8.03. The molecule has 0 aliphatic carbocycles. The lowest BCUT2D eigenvalue weighted by atomic mass is 10.00. The first-order valence-electron chi connectivity index (χ1n) is 10.8. The van der Waals surface area contributed by atoms with Gasteiger partial charge in [0.15, 0.2) is 0 Å². The zero-order valence-corrected chi connectivity index (χ0v) is 18.6. The lowest BCUT2D eigenvalue weighted by Gasteiger charge is -2.24. The summed E-state index contributed by atoms with van der Waals surface area (Å²) in [6, 6.07) is 29.7. The summed E-state index contributed by atoms with van der Waals surface area (Å²) in [5.41, 5.74) is 3.75. The molecule has 4 nitrogen and oxygen atoms in total. The molecule has 0 saturated heterocycles. The van der Waals surface area contributed by atoms with Crippen LogP contribution in [0.5, 0.6) is 5.75 Å². The Labute approximate surface area is 189 Å². The molecule has 0 unspecified atom stereocenters. The molecule has 4 rings (SSSR count). The summed E-state index contributed by atoms with van der Waals surface area (Å²) in [5, 5.41) is 8.98. The lowest BCUT2D eigenvalue weighted by molar-refractivity contribution is -0.118. The number of aryl methyl sites for hydroxylation is 1. The minimum absolute atomic E-state index is 0.0324. The molecule has 2 N–H and O–H groups in total. The van der Waals surface area contributed by atoms with Crippen molar-refractivity contribution >= 4 is 22.4 Å². The first kappa shape index (κ1) is 21.6. The highest BCUT2D eigenvalue weighted by Gasteiger charge is 2.24. The highest BCUT2D eigenvalue weighted by atomic mass is 16.5. The van der Waals surface area contributed by atoms with Gasteiger partial charge in [0, 0.05) is 6.04 Å². The summed E-state index contributed by atoms with van der Waals surface area (Å²) < 4.78 is 5.44. The number of carbonyl (C=O) groups is 1. The van der Waals surface area contributed by atoms with E-state index in [1.165, 1.54) is 10.8 Å². The van der Waals surface area contributed by atoms with Gasteiger partial charge in [0.2, 0.25) is 5.91 Å². The Kier molecular flexibility index (Phi) is 6.52. The number of methoxy groups -OCH3 is 1. The SMILES string of the molecule is COc1ccc(C)cc1NC(=O)[C@H](N[C@H](C)c1ccc2ccccc2c1)c1ccccc1.